The van der Waals surface area contributed by atoms with E-state index in [1.807, 2.05) is 0 Å². The fraction of sp³-hybridized carbons (Fsp3) is 0.481. The van der Waals surface area contributed by atoms with Gasteiger partial charge in [-0.1, -0.05) is 0 Å². The summed E-state index contributed by atoms with van der Waals surface area (Å²) in [5.41, 5.74) is -0.508. The van der Waals surface area contributed by atoms with Crippen LogP contribution in [-0.4, -0.2) is 58.6 Å². The summed E-state index contributed by atoms with van der Waals surface area (Å²) in [6.45, 7) is 6.22. The average molecular weight is 540 g/mol. The number of ether oxygens (including phenoxy) is 1. The Bertz CT molecular complexity index is 1200. The van der Waals surface area contributed by atoms with Crippen LogP contribution in [0.1, 0.15) is 44.7 Å². The zero-order valence-electron chi connectivity index (χ0n) is 21.4. The van der Waals surface area contributed by atoms with Crippen molar-refractivity contribution >= 4 is 12.0 Å². The normalized spacial score (nSPS) is 20.1. The van der Waals surface area contributed by atoms with Crippen LogP contribution in [0.25, 0.3) is 0 Å². The zero-order valence-corrected chi connectivity index (χ0v) is 21.4. The van der Waals surface area contributed by atoms with E-state index in [-0.39, 0.29) is 36.4 Å². The van der Waals surface area contributed by atoms with Crippen molar-refractivity contribution in [2.75, 3.05) is 13.1 Å². The van der Waals surface area contributed by atoms with E-state index in [2.05, 4.69) is 10.2 Å². The lowest BCUT2D eigenvalue weighted by Gasteiger charge is -2.35. The Morgan fingerprint density at radius 2 is 1.61 bits per heavy atom. The molecule has 2 fully saturated rings. The number of nitrogens with one attached hydrogen (secondary N) is 1. The second kappa shape index (κ2) is 10.9. The lowest BCUT2D eigenvalue weighted by atomic mass is 10.0. The van der Waals surface area contributed by atoms with Crippen LogP contribution >= 0.6 is 0 Å². The molecule has 6 nitrogen and oxygen atoms in total. The molecule has 0 radical (unpaired) electrons. The van der Waals surface area contributed by atoms with Gasteiger partial charge in [-0.25, -0.2) is 26.7 Å². The maximum atomic E-state index is 14.3. The molecular weight excluding hydrogens is 509 g/mol. The van der Waals surface area contributed by atoms with E-state index >= 15 is 0 Å². The number of carbonyl (C=O) groups excluding carboxylic acids is 2. The van der Waals surface area contributed by atoms with E-state index in [1.54, 1.807) is 25.7 Å². The van der Waals surface area contributed by atoms with Crippen LogP contribution in [0.3, 0.4) is 0 Å². The third-order valence-corrected chi connectivity index (χ3v) is 6.68. The number of nitrogens with zero attached hydrogens (tertiary/aromatic N) is 2. The number of hydrogen-bond acceptors (Lipinski definition) is 4. The molecule has 2 aromatic carbocycles. The lowest BCUT2D eigenvalue weighted by Crippen LogP contribution is -2.50. The molecule has 2 saturated heterocycles. The molecule has 2 heterocycles. The largest absolute Gasteiger partial charge is 0.444 e. The Morgan fingerprint density at radius 3 is 2.21 bits per heavy atom. The average Bonchev–Trinajstić information content (AvgIpc) is 3.36. The molecule has 2 aromatic rings. The van der Waals surface area contributed by atoms with Gasteiger partial charge in [0.2, 0.25) is 5.91 Å². The number of carbonyl (C=O) groups is 2. The molecule has 2 amide bonds. The van der Waals surface area contributed by atoms with Crippen molar-refractivity contribution in [3.8, 4) is 0 Å². The summed E-state index contributed by atoms with van der Waals surface area (Å²) in [7, 11) is 0. The molecule has 38 heavy (non-hydrogen) atoms. The van der Waals surface area contributed by atoms with Gasteiger partial charge in [0.25, 0.3) is 0 Å². The summed E-state index contributed by atoms with van der Waals surface area (Å²) >= 11 is 0. The van der Waals surface area contributed by atoms with Gasteiger partial charge in [-0.15, -0.1) is 0 Å². The summed E-state index contributed by atoms with van der Waals surface area (Å²) in [6.07, 6.45) is -0.607. The summed E-state index contributed by atoms with van der Waals surface area (Å²) in [4.78, 5) is 29.4. The molecule has 0 saturated carbocycles. The van der Waals surface area contributed by atoms with Gasteiger partial charge in [-0.3, -0.25) is 9.69 Å². The Hall–Kier alpha value is -3.21. The summed E-state index contributed by atoms with van der Waals surface area (Å²) in [6, 6.07) is 3.43. The van der Waals surface area contributed by atoms with Gasteiger partial charge in [0.1, 0.15) is 23.1 Å². The minimum atomic E-state index is -1.34. The number of halogens is 5. The van der Waals surface area contributed by atoms with Crippen molar-refractivity contribution in [3.05, 3.63) is 70.5 Å². The molecule has 1 N–H and O–H groups in total. The Morgan fingerprint density at radius 1 is 0.947 bits per heavy atom. The van der Waals surface area contributed by atoms with Gasteiger partial charge < -0.3 is 15.0 Å². The smallest absolute Gasteiger partial charge is 0.407 e. The maximum absolute atomic E-state index is 14.3. The number of piperazine rings is 1. The summed E-state index contributed by atoms with van der Waals surface area (Å²) in [5.74, 6) is -5.16. The van der Waals surface area contributed by atoms with E-state index in [0.717, 1.165) is 6.07 Å². The summed E-state index contributed by atoms with van der Waals surface area (Å²) < 4.78 is 73.9. The fourth-order valence-corrected chi connectivity index (χ4v) is 5.15. The molecule has 11 heteroatoms. The van der Waals surface area contributed by atoms with Crippen LogP contribution in [0, 0.1) is 29.1 Å². The van der Waals surface area contributed by atoms with Crippen molar-refractivity contribution in [1.82, 2.24) is 15.1 Å². The van der Waals surface area contributed by atoms with Crippen LogP contribution < -0.4 is 5.32 Å². The second-order valence-corrected chi connectivity index (χ2v) is 10.9. The molecule has 0 aromatic heterocycles. The first-order chi connectivity index (χ1) is 17.8. The molecule has 3 atom stereocenters. The van der Waals surface area contributed by atoms with E-state index in [4.69, 9.17) is 4.74 Å². The standard InChI is InChI=1S/C27H30F5N3O3/c1-27(2,3)38-26(37)33-19(6-16-7-23(31)24(32)11-22(16)30)9-25(36)35-14-20-10-21(35)13-34(20)12-15-4-17(28)8-18(29)5-15/h4-5,7-8,11,19-21H,6,9-10,12-14H2,1-3H3,(H,33,37)/t19-,20+,21+/m1/s1. The molecular formula is C27H30F5N3O3. The number of fused-ring (bicyclic) bond motifs is 2. The number of likely N-dealkylation sites (tertiary alicyclic amines) is 2. The first-order valence-electron chi connectivity index (χ1n) is 12.4. The van der Waals surface area contributed by atoms with Crippen LogP contribution in [0.15, 0.2) is 30.3 Å². The SMILES string of the molecule is CC(C)(C)OC(=O)N[C@@H](CC(=O)N1C[C@@H]2C[C@H]1CN2Cc1cc(F)cc(F)c1)Cc1cc(F)c(F)cc1F. The van der Waals surface area contributed by atoms with E-state index < -0.39 is 46.8 Å². The topological polar surface area (TPSA) is 61.9 Å². The van der Waals surface area contributed by atoms with E-state index in [9.17, 15) is 31.5 Å². The molecule has 0 aliphatic carbocycles. The van der Waals surface area contributed by atoms with Gasteiger partial charge in [0.05, 0.1) is 0 Å². The monoisotopic (exact) mass is 539 g/mol. The van der Waals surface area contributed by atoms with Gasteiger partial charge in [0, 0.05) is 56.3 Å². The Kier molecular flexibility index (Phi) is 7.96. The first-order valence-corrected chi connectivity index (χ1v) is 12.4. The minimum absolute atomic E-state index is 0.00353. The Labute approximate surface area is 217 Å². The van der Waals surface area contributed by atoms with Crippen LogP contribution in [0.2, 0.25) is 0 Å². The molecule has 0 spiro atoms. The third kappa shape index (κ3) is 6.80. The third-order valence-electron chi connectivity index (χ3n) is 6.68. The molecule has 0 unspecified atom stereocenters. The van der Waals surface area contributed by atoms with E-state index in [1.165, 1.54) is 12.1 Å². The maximum Gasteiger partial charge on any atom is 0.407 e. The predicted molar refractivity (Wildman–Crippen MR) is 128 cm³/mol. The summed E-state index contributed by atoms with van der Waals surface area (Å²) in [5, 5.41) is 2.56. The van der Waals surface area contributed by atoms with Crippen LogP contribution in [0.4, 0.5) is 26.7 Å². The van der Waals surface area contributed by atoms with Crippen molar-refractivity contribution in [2.45, 2.75) is 70.3 Å². The van der Waals surface area contributed by atoms with Gasteiger partial charge in [-0.05, 0) is 62.9 Å². The molecule has 2 bridgehead atoms. The van der Waals surface area contributed by atoms with Crippen molar-refractivity contribution in [1.29, 1.82) is 0 Å². The van der Waals surface area contributed by atoms with Crippen LogP contribution in [-0.2, 0) is 22.5 Å². The highest BCUT2D eigenvalue weighted by molar-refractivity contribution is 5.79. The van der Waals surface area contributed by atoms with Crippen molar-refractivity contribution in [3.63, 3.8) is 0 Å². The van der Waals surface area contributed by atoms with Crippen molar-refractivity contribution in [2.24, 2.45) is 0 Å². The number of amides is 2. The highest BCUT2D eigenvalue weighted by atomic mass is 19.2. The van der Waals surface area contributed by atoms with Gasteiger partial charge in [0.15, 0.2) is 11.6 Å². The highest BCUT2D eigenvalue weighted by Crippen LogP contribution is 2.33. The number of rotatable bonds is 7. The second-order valence-electron chi connectivity index (χ2n) is 10.9. The molecule has 2 aliphatic heterocycles. The Balaban J connectivity index is 1.42. The quantitative estimate of drug-likeness (QED) is 0.410. The highest BCUT2D eigenvalue weighted by Gasteiger charge is 2.45. The predicted octanol–water partition coefficient (Wildman–Crippen LogP) is 4.69. The fourth-order valence-electron chi connectivity index (χ4n) is 5.15. The molecule has 206 valence electrons. The number of benzene rings is 2. The zero-order chi connectivity index (χ0) is 27.8. The minimum Gasteiger partial charge on any atom is -0.444 e. The van der Waals surface area contributed by atoms with Crippen LogP contribution in [0.5, 0.6) is 0 Å². The number of alkyl carbamates (subject to hydrolysis) is 1. The van der Waals surface area contributed by atoms with Gasteiger partial charge in [-0.2, -0.15) is 0 Å². The number of hydrogen-bond donors (Lipinski definition) is 1. The molecule has 2 aliphatic rings. The van der Waals surface area contributed by atoms with Crippen molar-refractivity contribution < 1.29 is 36.3 Å². The van der Waals surface area contributed by atoms with E-state index in [0.29, 0.717) is 43.8 Å². The lowest BCUT2D eigenvalue weighted by molar-refractivity contribution is -0.134. The van der Waals surface area contributed by atoms with Gasteiger partial charge >= 0.3 is 6.09 Å². The first kappa shape index (κ1) is 27.8. The molecule has 4 rings (SSSR count).